The van der Waals surface area contributed by atoms with Crippen molar-refractivity contribution in [2.75, 3.05) is 29.9 Å². The van der Waals surface area contributed by atoms with Crippen molar-refractivity contribution in [2.24, 2.45) is 0 Å². The number of H-pyrrole nitrogens is 1. The van der Waals surface area contributed by atoms with Crippen molar-refractivity contribution in [3.05, 3.63) is 53.9 Å². The predicted molar refractivity (Wildman–Crippen MR) is 109 cm³/mol. The number of fused-ring (bicyclic) bond motifs is 3. The number of para-hydroxylation sites is 1. The Bertz CT molecular complexity index is 943. The number of nitrogens with zero attached hydrogens (tertiary/aromatic N) is 3. The summed E-state index contributed by atoms with van der Waals surface area (Å²) in [6.45, 7) is 7.37. The van der Waals surface area contributed by atoms with Crippen molar-refractivity contribution >= 4 is 28.4 Å². The molecule has 2 amide bonds. The van der Waals surface area contributed by atoms with E-state index in [0.717, 1.165) is 36.5 Å². The molecular formula is C21H25N5O. The Hall–Kier alpha value is -3.02. The summed E-state index contributed by atoms with van der Waals surface area (Å²) in [7, 11) is 0. The van der Waals surface area contributed by atoms with E-state index in [1.807, 2.05) is 29.2 Å². The van der Waals surface area contributed by atoms with Crippen LogP contribution in [0.3, 0.4) is 0 Å². The van der Waals surface area contributed by atoms with Gasteiger partial charge >= 0.3 is 6.03 Å². The fourth-order valence-electron chi connectivity index (χ4n) is 3.74. The molecule has 2 aromatic heterocycles. The van der Waals surface area contributed by atoms with Crippen molar-refractivity contribution < 1.29 is 4.79 Å². The van der Waals surface area contributed by atoms with E-state index in [2.05, 4.69) is 46.2 Å². The van der Waals surface area contributed by atoms with Gasteiger partial charge in [-0.1, -0.05) is 18.2 Å². The highest BCUT2D eigenvalue weighted by Crippen LogP contribution is 2.27. The zero-order valence-electron chi connectivity index (χ0n) is 15.8. The summed E-state index contributed by atoms with van der Waals surface area (Å²) in [5, 5.41) is 4.18. The van der Waals surface area contributed by atoms with E-state index in [9.17, 15) is 4.79 Å². The third-order valence-electron chi connectivity index (χ3n) is 5.26. The zero-order valence-corrected chi connectivity index (χ0v) is 15.8. The Balaban J connectivity index is 1.46. The molecule has 3 heterocycles. The molecule has 6 nitrogen and oxygen atoms in total. The highest BCUT2D eigenvalue weighted by molar-refractivity contribution is 5.91. The van der Waals surface area contributed by atoms with E-state index in [1.165, 1.54) is 16.6 Å². The van der Waals surface area contributed by atoms with Crippen LogP contribution < -0.4 is 10.2 Å². The SMILES string of the molecule is CCN(CC)c1ccc(NC(=O)N2CCc3[nH]c4ccccc4c3C2)cn1. The molecular weight excluding hydrogens is 338 g/mol. The first-order chi connectivity index (χ1) is 13.2. The van der Waals surface area contributed by atoms with E-state index in [4.69, 9.17) is 0 Å². The van der Waals surface area contributed by atoms with Crippen LogP contribution in [0.15, 0.2) is 42.6 Å². The summed E-state index contributed by atoms with van der Waals surface area (Å²) >= 11 is 0. The van der Waals surface area contributed by atoms with E-state index >= 15 is 0 Å². The molecule has 140 valence electrons. The Morgan fingerprint density at radius 3 is 2.78 bits per heavy atom. The Kier molecular flexibility index (Phi) is 4.71. The molecule has 27 heavy (non-hydrogen) atoms. The van der Waals surface area contributed by atoms with Crippen LogP contribution in [0.2, 0.25) is 0 Å². The molecule has 2 N–H and O–H groups in total. The van der Waals surface area contributed by atoms with Gasteiger partial charge in [-0.3, -0.25) is 0 Å². The number of carbonyl (C=O) groups is 1. The first kappa shape index (κ1) is 17.4. The highest BCUT2D eigenvalue weighted by Gasteiger charge is 2.24. The molecule has 0 saturated heterocycles. The van der Waals surface area contributed by atoms with Crippen LogP contribution in [-0.2, 0) is 13.0 Å². The maximum Gasteiger partial charge on any atom is 0.322 e. The van der Waals surface area contributed by atoms with E-state index < -0.39 is 0 Å². The number of benzene rings is 1. The highest BCUT2D eigenvalue weighted by atomic mass is 16.2. The number of rotatable bonds is 4. The van der Waals surface area contributed by atoms with Crippen LogP contribution >= 0.6 is 0 Å². The van der Waals surface area contributed by atoms with Gasteiger partial charge in [0.2, 0.25) is 0 Å². The van der Waals surface area contributed by atoms with Gasteiger partial charge in [-0.25, -0.2) is 9.78 Å². The first-order valence-corrected chi connectivity index (χ1v) is 9.55. The van der Waals surface area contributed by atoms with Crippen LogP contribution in [0.4, 0.5) is 16.3 Å². The largest absolute Gasteiger partial charge is 0.358 e. The second kappa shape index (κ2) is 7.31. The molecule has 0 atom stereocenters. The number of aromatic nitrogens is 2. The van der Waals surface area contributed by atoms with Crippen molar-refractivity contribution in [1.82, 2.24) is 14.9 Å². The molecule has 0 saturated carbocycles. The standard InChI is InChI=1S/C21H25N5O/c1-3-25(4-2)20-10-9-15(13-22-20)23-21(27)26-12-11-19-17(14-26)16-7-5-6-8-18(16)24-19/h5-10,13,24H,3-4,11-12,14H2,1-2H3,(H,23,27). The number of urea groups is 1. The van der Waals surface area contributed by atoms with Crippen molar-refractivity contribution in [2.45, 2.75) is 26.8 Å². The first-order valence-electron chi connectivity index (χ1n) is 9.55. The Morgan fingerprint density at radius 2 is 2.04 bits per heavy atom. The fraction of sp³-hybridized carbons (Fsp3) is 0.333. The molecule has 1 aliphatic rings. The number of carbonyl (C=O) groups excluding carboxylic acids is 1. The third-order valence-corrected chi connectivity index (χ3v) is 5.26. The van der Waals surface area contributed by atoms with Crippen LogP contribution in [0, 0.1) is 0 Å². The lowest BCUT2D eigenvalue weighted by Crippen LogP contribution is -2.38. The predicted octanol–water partition coefficient (Wildman–Crippen LogP) is 4.00. The fourth-order valence-corrected chi connectivity index (χ4v) is 3.74. The molecule has 0 radical (unpaired) electrons. The van der Waals surface area contributed by atoms with Gasteiger partial charge in [-0.15, -0.1) is 0 Å². The number of pyridine rings is 1. The number of aromatic amines is 1. The van der Waals surface area contributed by atoms with Gasteiger partial charge in [0.25, 0.3) is 0 Å². The van der Waals surface area contributed by atoms with Crippen LogP contribution in [0.5, 0.6) is 0 Å². The average Bonchev–Trinajstić information content (AvgIpc) is 3.08. The molecule has 1 aromatic carbocycles. The van der Waals surface area contributed by atoms with E-state index in [1.54, 1.807) is 6.20 Å². The lowest BCUT2D eigenvalue weighted by molar-refractivity contribution is 0.206. The topological polar surface area (TPSA) is 64.3 Å². The molecule has 6 heteroatoms. The monoisotopic (exact) mass is 363 g/mol. The van der Waals surface area contributed by atoms with Crippen LogP contribution in [0.25, 0.3) is 10.9 Å². The van der Waals surface area contributed by atoms with Crippen molar-refractivity contribution in [3.63, 3.8) is 0 Å². The summed E-state index contributed by atoms with van der Waals surface area (Å²) in [6.07, 6.45) is 2.57. The van der Waals surface area contributed by atoms with Crippen molar-refractivity contribution in [3.8, 4) is 0 Å². The normalized spacial score (nSPS) is 13.5. The molecule has 0 spiro atoms. The second-order valence-electron chi connectivity index (χ2n) is 6.81. The zero-order chi connectivity index (χ0) is 18.8. The summed E-state index contributed by atoms with van der Waals surface area (Å²) in [4.78, 5) is 24.7. The van der Waals surface area contributed by atoms with Gasteiger partial charge in [0.05, 0.1) is 11.9 Å². The van der Waals surface area contributed by atoms with Gasteiger partial charge in [-0.05, 0) is 32.0 Å². The third kappa shape index (κ3) is 3.35. The smallest absolute Gasteiger partial charge is 0.322 e. The molecule has 3 aromatic rings. The number of anilines is 2. The maximum absolute atomic E-state index is 12.7. The molecule has 4 rings (SSSR count). The van der Waals surface area contributed by atoms with Gasteiger partial charge in [0.15, 0.2) is 0 Å². The Morgan fingerprint density at radius 1 is 1.22 bits per heavy atom. The molecule has 0 fully saturated rings. The van der Waals surface area contributed by atoms with Gasteiger partial charge in [0, 0.05) is 54.8 Å². The molecule has 0 bridgehead atoms. The minimum absolute atomic E-state index is 0.0803. The number of hydrogen-bond donors (Lipinski definition) is 2. The van der Waals surface area contributed by atoms with Gasteiger partial charge in [0.1, 0.15) is 5.82 Å². The second-order valence-corrected chi connectivity index (χ2v) is 6.81. The molecule has 1 aliphatic heterocycles. The van der Waals surface area contributed by atoms with Crippen LogP contribution in [-0.4, -0.2) is 40.5 Å². The number of hydrogen-bond acceptors (Lipinski definition) is 3. The number of amides is 2. The molecule has 0 unspecified atom stereocenters. The average molecular weight is 363 g/mol. The van der Waals surface area contributed by atoms with Gasteiger partial charge < -0.3 is 20.1 Å². The quantitative estimate of drug-likeness (QED) is 0.736. The minimum Gasteiger partial charge on any atom is -0.358 e. The maximum atomic E-state index is 12.7. The lowest BCUT2D eigenvalue weighted by atomic mass is 10.0. The van der Waals surface area contributed by atoms with Crippen molar-refractivity contribution in [1.29, 1.82) is 0 Å². The van der Waals surface area contributed by atoms with Crippen LogP contribution in [0.1, 0.15) is 25.1 Å². The summed E-state index contributed by atoms with van der Waals surface area (Å²) in [5.41, 5.74) is 4.33. The minimum atomic E-state index is -0.0803. The summed E-state index contributed by atoms with van der Waals surface area (Å²) in [6, 6.07) is 12.1. The Labute approximate surface area is 159 Å². The molecule has 0 aliphatic carbocycles. The van der Waals surface area contributed by atoms with Gasteiger partial charge in [-0.2, -0.15) is 0 Å². The summed E-state index contributed by atoms with van der Waals surface area (Å²) < 4.78 is 0. The lowest BCUT2D eigenvalue weighted by Gasteiger charge is -2.27. The van der Waals surface area contributed by atoms with E-state index in [-0.39, 0.29) is 6.03 Å². The number of nitrogens with one attached hydrogen (secondary N) is 2. The van der Waals surface area contributed by atoms with E-state index in [0.29, 0.717) is 13.1 Å². The summed E-state index contributed by atoms with van der Waals surface area (Å²) in [5.74, 6) is 0.930.